The van der Waals surface area contributed by atoms with Crippen molar-refractivity contribution in [3.8, 4) is 0 Å². The van der Waals surface area contributed by atoms with Crippen LogP contribution < -0.4 is 5.32 Å². The van der Waals surface area contributed by atoms with Crippen molar-refractivity contribution < 1.29 is 9.18 Å². The summed E-state index contributed by atoms with van der Waals surface area (Å²) >= 11 is 0. The Kier molecular flexibility index (Phi) is 6.96. The van der Waals surface area contributed by atoms with Crippen LogP contribution in [-0.4, -0.2) is 53.5 Å². The molecule has 1 aromatic rings. The van der Waals surface area contributed by atoms with Crippen LogP contribution in [0.2, 0.25) is 0 Å². The lowest BCUT2D eigenvalue weighted by Crippen LogP contribution is -2.52. The van der Waals surface area contributed by atoms with Gasteiger partial charge >= 0.3 is 0 Å². The molecule has 1 fully saturated rings. The van der Waals surface area contributed by atoms with Crippen LogP contribution in [0.3, 0.4) is 0 Å². The number of hydrogen-bond acceptors (Lipinski definition) is 3. The molecule has 25 heavy (non-hydrogen) atoms. The van der Waals surface area contributed by atoms with Crippen molar-refractivity contribution >= 4 is 5.91 Å². The minimum Gasteiger partial charge on any atom is -0.350 e. The Hall–Kier alpha value is -1.46. The average Bonchev–Trinajstić information content (AvgIpc) is 2.81. The highest BCUT2D eigenvalue weighted by Gasteiger charge is 2.27. The molecule has 1 atom stereocenters. The smallest absolute Gasteiger partial charge is 0.237 e. The van der Waals surface area contributed by atoms with Crippen LogP contribution in [0.4, 0.5) is 4.39 Å². The maximum Gasteiger partial charge on any atom is 0.237 e. The van der Waals surface area contributed by atoms with E-state index < -0.39 is 0 Å². The number of carbonyl (C=O) groups excluding carboxylic acids is 1. The van der Waals surface area contributed by atoms with Crippen molar-refractivity contribution in [3.05, 3.63) is 35.6 Å². The second-order valence-corrected chi connectivity index (χ2v) is 7.69. The molecule has 140 valence electrons. The summed E-state index contributed by atoms with van der Waals surface area (Å²) in [6.45, 7) is 12.8. The van der Waals surface area contributed by atoms with Gasteiger partial charge in [-0.15, -0.1) is 0 Å². The van der Waals surface area contributed by atoms with E-state index in [1.807, 2.05) is 19.1 Å². The van der Waals surface area contributed by atoms with Crippen molar-refractivity contribution in [1.29, 1.82) is 0 Å². The zero-order chi connectivity index (χ0) is 18.4. The van der Waals surface area contributed by atoms with Crippen LogP contribution in [0, 0.1) is 5.82 Å². The first-order chi connectivity index (χ1) is 11.8. The van der Waals surface area contributed by atoms with E-state index >= 15 is 0 Å². The van der Waals surface area contributed by atoms with E-state index in [2.05, 4.69) is 35.9 Å². The number of rotatable bonds is 6. The SMILES string of the molecule is CCC(C)(C)NC(=O)C(C)N1CCCN(Cc2ccc(F)cc2)CC1. The van der Waals surface area contributed by atoms with Crippen LogP contribution >= 0.6 is 0 Å². The zero-order valence-corrected chi connectivity index (χ0v) is 16.0. The van der Waals surface area contributed by atoms with Gasteiger partial charge in [0, 0.05) is 31.7 Å². The summed E-state index contributed by atoms with van der Waals surface area (Å²) < 4.78 is 13.0. The third-order valence-electron chi connectivity index (χ3n) is 5.22. The third-order valence-corrected chi connectivity index (χ3v) is 5.22. The molecule has 2 rings (SSSR count). The third kappa shape index (κ3) is 6.08. The molecule has 0 aromatic heterocycles. The van der Waals surface area contributed by atoms with Gasteiger partial charge in [0.1, 0.15) is 5.82 Å². The molecule has 1 unspecified atom stereocenters. The normalized spacial score (nSPS) is 18.6. The molecule has 1 saturated heterocycles. The summed E-state index contributed by atoms with van der Waals surface area (Å²) in [5, 5.41) is 3.15. The topological polar surface area (TPSA) is 35.6 Å². The number of halogens is 1. The summed E-state index contributed by atoms with van der Waals surface area (Å²) in [6, 6.07) is 6.61. The fraction of sp³-hybridized carbons (Fsp3) is 0.650. The van der Waals surface area contributed by atoms with E-state index in [1.165, 1.54) is 12.1 Å². The Morgan fingerprint density at radius 1 is 1.20 bits per heavy atom. The molecule has 0 saturated carbocycles. The van der Waals surface area contributed by atoms with Crippen molar-refractivity contribution in [3.63, 3.8) is 0 Å². The van der Waals surface area contributed by atoms with E-state index in [0.717, 1.165) is 51.1 Å². The lowest BCUT2D eigenvalue weighted by Gasteiger charge is -2.31. The molecule has 0 aliphatic carbocycles. The average molecular weight is 349 g/mol. The van der Waals surface area contributed by atoms with Crippen LogP contribution in [0.1, 0.15) is 46.1 Å². The Labute approximate surface area is 151 Å². The molecule has 1 aliphatic heterocycles. The minimum atomic E-state index is -0.194. The van der Waals surface area contributed by atoms with Gasteiger partial charge in [-0.1, -0.05) is 19.1 Å². The summed E-state index contributed by atoms with van der Waals surface area (Å²) in [5.74, 6) is -0.0838. The van der Waals surface area contributed by atoms with Gasteiger partial charge < -0.3 is 5.32 Å². The monoisotopic (exact) mass is 349 g/mol. The predicted octanol–water partition coefficient (Wildman–Crippen LogP) is 3.03. The fourth-order valence-electron chi connectivity index (χ4n) is 3.08. The Balaban J connectivity index is 1.87. The van der Waals surface area contributed by atoms with Crippen LogP contribution in [0.5, 0.6) is 0 Å². The van der Waals surface area contributed by atoms with Crippen LogP contribution in [0.25, 0.3) is 0 Å². The largest absolute Gasteiger partial charge is 0.350 e. The van der Waals surface area contributed by atoms with Gasteiger partial charge in [0.25, 0.3) is 0 Å². The number of carbonyl (C=O) groups is 1. The predicted molar refractivity (Wildman–Crippen MR) is 99.8 cm³/mol. The van der Waals surface area contributed by atoms with E-state index in [-0.39, 0.29) is 23.3 Å². The second kappa shape index (κ2) is 8.77. The first-order valence-corrected chi connectivity index (χ1v) is 9.33. The van der Waals surface area contributed by atoms with Gasteiger partial charge in [0.05, 0.1) is 6.04 Å². The summed E-state index contributed by atoms with van der Waals surface area (Å²) in [7, 11) is 0. The number of amides is 1. The van der Waals surface area contributed by atoms with E-state index in [1.54, 1.807) is 0 Å². The highest BCUT2D eigenvalue weighted by Crippen LogP contribution is 2.13. The molecule has 4 nitrogen and oxygen atoms in total. The molecular weight excluding hydrogens is 317 g/mol. The quantitative estimate of drug-likeness (QED) is 0.857. The molecular formula is C20H32FN3O. The maximum atomic E-state index is 13.0. The first kappa shape index (κ1) is 19.9. The van der Waals surface area contributed by atoms with Gasteiger partial charge in [0.15, 0.2) is 0 Å². The number of nitrogens with one attached hydrogen (secondary N) is 1. The molecule has 1 heterocycles. The van der Waals surface area contributed by atoms with Crippen molar-refractivity contribution in [2.75, 3.05) is 26.2 Å². The van der Waals surface area contributed by atoms with Gasteiger partial charge in [0.2, 0.25) is 5.91 Å². The van der Waals surface area contributed by atoms with Crippen LogP contribution in [0.15, 0.2) is 24.3 Å². The summed E-state index contributed by atoms with van der Waals surface area (Å²) in [6.07, 6.45) is 1.95. The minimum absolute atomic E-state index is 0.110. The molecule has 1 amide bonds. The first-order valence-electron chi connectivity index (χ1n) is 9.33. The highest BCUT2D eigenvalue weighted by atomic mass is 19.1. The molecule has 1 aliphatic rings. The highest BCUT2D eigenvalue weighted by molar-refractivity contribution is 5.82. The standard InChI is InChI=1S/C20H32FN3O/c1-5-20(3,4)22-19(25)16(2)24-12-6-11-23(13-14-24)15-17-7-9-18(21)10-8-17/h7-10,16H,5-6,11-15H2,1-4H3,(H,22,25). The molecule has 0 bridgehead atoms. The summed E-state index contributed by atoms with van der Waals surface area (Å²) in [5.41, 5.74) is 0.969. The fourth-order valence-corrected chi connectivity index (χ4v) is 3.08. The van der Waals surface area contributed by atoms with Crippen molar-refractivity contribution in [2.45, 2.75) is 58.7 Å². The molecule has 1 aromatic carbocycles. The summed E-state index contributed by atoms with van der Waals surface area (Å²) in [4.78, 5) is 17.2. The van der Waals surface area contributed by atoms with Gasteiger partial charge in [-0.25, -0.2) is 4.39 Å². The molecule has 1 N–H and O–H groups in total. The van der Waals surface area contributed by atoms with E-state index in [9.17, 15) is 9.18 Å². The van der Waals surface area contributed by atoms with Crippen LogP contribution in [-0.2, 0) is 11.3 Å². The number of nitrogens with zero attached hydrogens (tertiary/aromatic N) is 2. The van der Waals surface area contributed by atoms with E-state index in [4.69, 9.17) is 0 Å². The molecule has 0 spiro atoms. The second-order valence-electron chi connectivity index (χ2n) is 7.69. The lowest BCUT2D eigenvalue weighted by atomic mass is 10.0. The van der Waals surface area contributed by atoms with Crippen molar-refractivity contribution in [1.82, 2.24) is 15.1 Å². The zero-order valence-electron chi connectivity index (χ0n) is 16.0. The Morgan fingerprint density at radius 2 is 1.88 bits per heavy atom. The molecule has 5 heteroatoms. The van der Waals surface area contributed by atoms with Crippen molar-refractivity contribution in [2.24, 2.45) is 0 Å². The Bertz CT molecular complexity index is 559. The Morgan fingerprint density at radius 3 is 2.52 bits per heavy atom. The van der Waals surface area contributed by atoms with Gasteiger partial charge in [-0.2, -0.15) is 0 Å². The van der Waals surface area contributed by atoms with Gasteiger partial charge in [-0.3, -0.25) is 14.6 Å². The van der Waals surface area contributed by atoms with Gasteiger partial charge in [-0.05, 0) is 57.9 Å². The van der Waals surface area contributed by atoms with E-state index in [0.29, 0.717) is 0 Å². The maximum absolute atomic E-state index is 13.0. The number of hydrogen-bond donors (Lipinski definition) is 1. The number of benzene rings is 1. The molecule has 0 radical (unpaired) electrons. The lowest BCUT2D eigenvalue weighted by molar-refractivity contribution is -0.127.